The average Bonchev–Trinajstić information content (AvgIpc) is 3.13. The van der Waals surface area contributed by atoms with Crippen LogP contribution in [0.3, 0.4) is 0 Å². The van der Waals surface area contributed by atoms with E-state index in [1.807, 2.05) is 6.26 Å². The lowest BCUT2D eigenvalue weighted by Gasteiger charge is -2.13. The van der Waals surface area contributed by atoms with Gasteiger partial charge in [-0.3, -0.25) is 19.7 Å². The van der Waals surface area contributed by atoms with E-state index in [-0.39, 0.29) is 16.8 Å². The summed E-state index contributed by atoms with van der Waals surface area (Å²) in [5.74, 6) is -1.24. The van der Waals surface area contributed by atoms with Crippen LogP contribution in [0.15, 0.2) is 40.7 Å². The van der Waals surface area contributed by atoms with E-state index in [9.17, 15) is 19.7 Å². The van der Waals surface area contributed by atoms with Crippen LogP contribution in [0, 0.1) is 10.1 Å². The van der Waals surface area contributed by atoms with Gasteiger partial charge in [-0.25, -0.2) is 9.88 Å². The summed E-state index contributed by atoms with van der Waals surface area (Å²) >= 11 is 2.97. The summed E-state index contributed by atoms with van der Waals surface area (Å²) in [7, 11) is 0. The SMILES string of the molecule is CSc1nc2ccc(N3C(=O)c4cccc([N+](=O)[O-])c4C3=O)cc2s1. The fourth-order valence-corrected chi connectivity index (χ4v) is 4.30. The summed E-state index contributed by atoms with van der Waals surface area (Å²) in [6.45, 7) is 0. The molecule has 2 aromatic carbocycles. The molecule has 0 saturated carbocycles. The highest BCUT2D eigenvalue weighted by Crippen LogP contribution is 2.36. The molecule has 0 radical (unpaired) electrons. The minimum atomic E-state index is -0.679. The third-order valence-corrected chi connectivity index (χ3v) is 5.88. The Bertz CT molecular complexity index is 1080. The number of carbonyl (C=O) groups excluding carboxylic acids is 2. The Hall–Kier alpha value is -2.78. The highest BCUT2D eigenvalue weighted by atomic mass is 32.2. The molecule has 0 atom stereocenters. The summed E-state index contributed by atoms with van der Waals surface area (Å²) in [5, 5.41) is 11.2. The fraction of sp³-hybridized carbons (Fsp3) is 0.0625. The van der Waals surface area contributed by atoms with E-state index in [0.717, 1.165) is 19.5 Å². The molecule has 0 N–H and O–H groups in total. The lowest BCUT2D eigenvalue weighted by molar-refractivity contribution is -0.385. The largest absolute Gasteiger partial charge is 0.283 e. The molecule has 2 heterocycles. The Morgan fingerprint density at radius 3 is 2.72 bits per heavy atom. The zero-order valence-electron chi connectivity index (χ0n) is 12.8. The lowest BCUT2D eigenvalue weighted by atomic mass is 10.1. The summed E-state index contributed by atoms with van der Waals surface area (Å²) in [4.78, 5) is 41.3. The first-order valence-corrected chi connectivity index (χ1v) is 9.16. The van der Waals surface area contributed by atoms with Crippen molar-refractivity contribution in [2.75, 3.05) is 11.2 Å². The molecule has 0 unspecified atom stereocenters. The van der Waals surface area contributed by atoms with Gasteiger partial charge >= 0.3 is 0 Å². The molecule has 124 valence electrons. The number of nitro groups is 1. The number of aromatic nitrogens is 1. The van der Waals surface area contributed by atoms with Crippen molar-refractivity contribution < 1.29 is 14.5 Å². The van der Waals surface area contributed by atoms with Gasteiger partial charge in [0.1, 0.15) is 5.56 Å². The number of hydrogen-bond donors (Lipinski definition) is 0. The number of nitrogens with zero attached hydrogens (tertiary/aromatic N) is 3. The summed E-state index contributed by atoms with van der Waals surface area (Å²) in [5.41, 5.74) is 0.687. The van der Waals surface area contributed by atoms with Gasteiger partial charge in [-0.05, 0) is 30.5 Å². The van der Waals surface area contributed by atoms with Crippen LogP contribution in [0.25, 0.3) is 10.2 Å². The molecule has 2 amide bonds. The minimum Gasteiger partial charge on any atom is -0.268 e. The molecule has 1 aromatic heterocycles. The predicted octanol–water partition coefficient (Wildman–Crippen LogP) is 3.73. The smallest absolute Gasteiger partial charge is 0.268 e. The van der Waals surface area contributed by atoms with Gasteiger partial charge in [-0.2, -0.15) is 0 Å². The molecule has 3 aromatic rings. The zero-order chi connectivity index (χ0) is 17.7. The number of anilines is 1. The van der Waals surface area contributed by atoms with Gasteiger partial charge in [0.25, 0.3) is 17.5 Å². The second-order valence-corrected chi connectivity index (χ2v) is 7.32. The van der Waals surface area contributed by atoms with E-state index in [1.165, 1.54) is 41.3 Å². The summed E-state index contributed by atoms with van der Waals surface area (Å²) in [6.07, 6.45) is 1.92. The van der Waals surface area contributed by atoms with Crippen molar-refractivity contribution in [1.29, 1.82) is 0 Å². The molecule has 0 bridgehead atoms. The van der Waals surface area contributed by atoms with Gasteiger partial charge in [0.2, 0.25) is 0 Å². The molecular weight excluding hydrogens is 362 g/mol. The molecule has 0 fully saturated rings. The standard InChI is InChI=1S/C16H9N3O4S2/c1-24-16-17-10-6-5-8(7-12(10)25-16)18-14(20)9-3-2-4-11(19(22)23)13(9)15(18)21/h2-7H,1H3. The van der Waals surface area contributed by atoms with Crippen LogP contribution in [-0.4, -0.2) is 28.0 Å². The molecule has 0 aliphatic carbocycles. The van der Waals surface area contributed by atoms with Crippen LogP contribution in [0.4, 0.5) is 11.4 Å². The molecular formula is C16H9N3O4S2. The number of fused-ring (bicyclic) bond motifs is 2. The Balaban J connectivity index is 1.84. The van der Waals surface area contributed by atoms with Crippen LogP contribution >= 0.6 is 23.1 Å². The number of thioether (sulfide) groups is 1. The first kappa shape index (κ1) is 15.7. The van der Waals surface area contributed by atoms with Gasteiger partial charge in [0.05, 0.1) is 26.4 Å². The molecule has 0 saturated heterocycles. The van der Waals surface area contributed by atoms with E-state index in [2.05, 4.69) is 4.98 Å². The Morgan fingerprint density at radius 2 is 2.00 bits per heavy atom. The van der Waals surface area contributed by atoms with Gasteiger partial charge in [-0.15, -0.1) is 11.3 Å². The predicted molar refractivity (Wildman–Crippen MR) is 95.6 cm³/mol. The highest BCUT2D eigenvalue weighted by Gasteiger charge is 2.41. The molecule has 1 aliphatic heterocycles. The van der Waals surface area contributed by atoms with Gasteiger partial charge in [0, 0.05) is 6.07 Å². The van der Waals surface area contributed by atoms with E-state index in [1.54, 1.807) is 18.2 Å². The number of imide groups is 1. The number of benzene rings is 2. The van der Waals surface area contributed by atoms with Crippen molar-refractivity contribution >= 4 is 56.5 Å². The van der Waals surface area contributed by atoms with Gasteiger partial charge in [-0.1, -0.05) is 17.8 Å². The molecule has 7 nitrogen and oxygen atoms in total. The number of thiazole rings is 1. The van der Waals surface area contributed by atoms with Crippen molar-refractivity contribution in [3.8, 4) is 0 Å². The van der Waals surface area contributed by atoms with Crippen LogP contribution < -0.4 is 4.90 Å². The van der Waals surface area contributed by atoms with E-state index >= 15 is 0 Å². The van der Waals surface area contributed by atoms with Crippen molar-refractivity contribution in [1.82, 2.24) is 4.98 Å². The number of carbonyl (C=O) groups is 2. The summed E-state index contributed by atoms with van der Waals surface area (Å²) in [6, 6.07) is 9.13. The molecule has 0 spiro atoms. The second-order valence-electron chi connectivity index (χ2n) is 5.24. The Labute approximate surface area is 149 Å². The quantitative estimate of drug-likeness (QED) is 0.301. The van der Waals surface area contributed by atoms with E-state index in [0.29, 0.717) is 5.69 Å². The summed E-state index contributed by atoms with van der Waals surface area (Å²) < 4.78 is 1.72. The van der Waals surface area contributed by atoms with E-state index in [4.69, 9.17) is 0 Å². The lowest BCUT2D eigenvalue weighted by Crippen LogP contribution is -2.29. The van der Waals surface area contributed by atoms with Crippen LogP contribution in [0.1, 0.15) is 20.7 Å². The van der Waals surface area contributed by atoms with Crippen molar-refractivity contribution in [3.63, 3.8) is 0 Å². The normalized spacial score (nSPS) is 13.6. The van der Waals surface area contributed by atoms with Crippen molar-refractivity contribution in [2.24, 2.45) is 0 Å². The second kappa shape index (κ2) is 5.64. The maximum absolute atomic E-state index is 12.7. The van der Waals surface area contributed by atoms with Gasteiger partial charge in [0.15, 0.2) is 4.34 Å². The Kier molecular flexibility index (Phi) is 3.55. The Morgan fingerprint density at radius 1 is 1.20 bits per heavy atom. The first-order chi connectivity index (χ1) is 12.0. The van der Waals surface area contributed by atoms with Gasteiger partial charge < -0.3 is 0 Å². The molecule has 4 rings (SSSR count). The molecule has 25 heavy (non-hydrogen) atoms. The third-order valence-electron chi connectivity index (χ3n) is 3.87. The van der Waals surface area contributed by atoms with Crippen molar-refractivity contribution in [3.05, 3.63) is 57.6 Å². The first-order valence-electron chi connectivity index (χ1n) is 7.12. The molecule has 9 heteroatoms. The number of rotatable bonds is 3. The third kappa shape index (κ3) is 2.31. The van der Waals surface area contributed by atoms with E-state index < -0.39 is 16.7 Å². The topological polar surface area (TPSA) is 93.4 Å². The van der Waals surface area contributed by atoms with Crippen LogP contribution in [0.2, 0.25) is 0 Å². The van der Waals surface area contributed by atoms with Crippen molar-refractivity contribution in [2.45, 2.75) is 4.34 Å². The highest BCUT2D eigenvalue weighted by molar-refractivity contribution is 8.00. The monoisotopic (exact) mass is 371 g/mol. The zero-order valence-corrected chi connectivity index (χ0v) is 14.4. The number of hydrogen-bond acceptors (Lipinski definition) is 7. The number of nitro benzene ring substituents is 1. The maximum Gasteiger partial charge on any atom is 0.283 e. The maximum atomic E-state index is 12.7. The van der Waals surface area contributed by atoms with Crippen LogP contribution in [-0.2, 0) is 0 Å². The minimum absolute atomic E-state index is 0.0494. The van der Waals surface area contributed by atoms with Crippen LogP contribution in [0.5, 0.6) is 0 Å². The fourth-order valence-electron chi connectivity index (χ4n) is 2.77. The average molecular weight is 371 g/mol. The molecule has 1 aliphatic rings. The number of amides is 2.